The van der Waals surface area contributed by atoms with Crippen LogP contribution in [0.15, 0.2) is 24.3 Å². The van der Waals surface area contributed by atoms with E-state index in [1.807, 2.05) is 0 Å². The van der Waals surface area contributed by atoms with E-state index in [4.69, 9.17) is 0 Å². The number of hydrogen-bond donors (Lipinski definition) is 0. The van der Waals surface area contributed by atoms with E-state index < -0.39 is 22.8 Å². The van der Waals surface area contributed by atoms with E-state index >= 15 is 0 Å². The van der Waals surface area contributed by atoms with E-state index in [0.717, 1.165) is 17.8 Å². The van der Waals surface area contributed by atoms with Gasteiger partial charge in [0.2, 0.25) is 5.12 Å². The Morgan fingerprint density at radius 1 is 1.18 bits per heavy atom. The van der Waals surface area contributed by atoms with Crippen molar-refractivity contribution in [1.29, 1.82) is 0 Å². The van der Waals surface area contributed by atoms with Crippen molar-refractivity contribution < 1.29 is 26.7 Å². The van der Waals surface area contributed by atoms with Gasteiger partial charge in [-0.2, -0.15) is 22.0 Å². The normalized spacial score (nSPS) is 12.6. The predicted octanol–water partition coefficient (Wildman–Crippen LogP) is 3.84. The lowest BCUT2D eigenvalue weighted by atomic mass is 10.1. The number of hydrogen-bond acceptors (Lipinski definition) is 2. The maximum Gasteiger partial charge on any atom is 0.458 e. The molecule has 0 saturated heterocycles. The molecule has 17 heavy (non-hydrogen) atoms. The van der Waals surface area contributed by atoms with Gasteiger partial charge >= 0.3 is 12.1 Å². The van der Waals surface area contributed by atoms with Gasteiger partial charge in [-0.1, -0.05) is 30.0 Å². The molecule has 0 heterocycles. The molecular weight excluding hydrogens is 263 g/mol. The molecule has 1 rings (SSSR count). The van der Waals surface area contributed by atoms with Gasteiger partial charge in [-0.05, 0) is 12.3 Å². The summed E-state index contributed by atoms with van der Waals surface area (Å²) in [4.78, 5) is 11.2. The molecule has 0 bridgehead atoms. The lowest BCUT2D eigenvalue weighted by molar-refractivity contribution is -0.289. The molecule has 0 aliphatic rings. The van der Waals surface area contributed by atoms with Crippen LogP contribution in [0, 0.1) is 0 Å². The average molecular weight is 270 g/mol. The topological polar surface area (TPSA) is 17.1 Å². The summed E-state index contributed by atoms with van der Waals surface area (Å²) in [7, 11) is 0. The molecule has 7 heteroatoms. The fraction of sp³-hybridized carbons (Fsp3) is 0.300. The molecule has 0 spiro atoms. The van der Waals surface area contributed by atoms with Gasteiger partial charge in [-0.25, -0.2) is 0 Å². The highest BCUT2D eigenvalue weighted by atomic mass is 32.2. The summed E-state index contributed by atoms with van der Waals surface area (Å²) >= 11 is 0.740. The van der Waals surface area contributed by atoms with Crippen LogP contribution in [-0.2, 0) is 5.92 Å². The predicted molar refractivity (Wildman–Crippen MR) is 54.2 cm³/mol. The highest BCUT2D eigenvalue weighted by Gasteiger charge is 2.58. The highest BCUT2D eigenvalue weighted by Crippen LogP contribution is 2.43. The highest BCUT2D eigenvalue weighted by molar-refractivity contribution is 8.13. The van der Waals surface area contributed by atoms with E-state index in [2.05, 4.69) is 0 Å². The smallest absolute Gasteiger partial charge is 0.282 e. The van der Waals surface area contributed by atoms with Crippen LogP contribution in [0.25, 0.3) is 0 Å². The first-order chi connectivity index (χ1) is 7.70. The quantitative estimate of drug-likeness (QED) is 0.759. The van der Waals surface area contributed by atoms with E-state index in [0.29, 0.717) is 12.1 Å². The van der Waals surface area contributed by atoms with Gasteiger partial charge in [0, 0.05) is 11.1 Å². The molecule has 0 saturated carbocycles. The number of halogens is 5. The summed E-state index contributed by atoms with van der Waals surface area (Å²) in [6.45, 7) is 0. The summed E-state index contributed by atoms with van der Waals surface area (Å²) in [6.07, 6.45) is -4.26. The third kappa shape index (κ3) is 2.77. The Labute approximate surface area is 98.0 Å². The minimum absolute atomic E-state index is 0.182. The van der Waals surface area contributed by atoms with Crippen LogP contribution in [0.4, 0.5) is 22.0 Å². The van der Waals surface area contributed by atoms with Gasteiger partial charge in [-0.15, -0.1) is 0 Å². The Hall–Kier alpha value is -1.11. The number of carbonyl (C=O) groups excluding carboxylic acids is 1. The van der Waals surface area contributed by atoms with Crippen LogP contribution in [0.5, 0.6) is 0 Å². The molecule has 0 fully saturated rings. The average Bonchev–Trinajstić information content (AvgIpc) is 2.26. The molecule has 0 atom stereocenters. The van der Waals surface area contributed by atoms with Gasteiger partial charge in [0.05, 0.1) is 0 Å². The summed E-state index contributed by atoms with van der Waals surface area (Å²) in [5, 5.41) is -0.565. The second-order valence-electron chi connectivity index (χ2n) is 3.14. The first kappa shape index (κ1) is 14.0. The van der Waals surface area contributed by atoms with Crippen LogP contribution in [0.2, 0.25) is 0 Å². The van der Waals surface area contributed by atoms with Crippen molar-refractivity contribution in [3.63, 3.8) is 0 Å². The van der Waals surface area contributed by atoms with E-state index in [1.54, 1.807) is 0 Å². The molecule has 0 aliphatic carbocycles. The van der Waals surface area contributed by atoms with Gasteiger partial charge in [-0.3, -0.25) is 4.79 Å². The monoisotopic (exact) mass is 270 g/mol. The van der Waals surface area contributed by atoms with Crippen molar-refractivity contribution in [3.05, 3.63) is 35.4 Å². The lowest BCUT2D eigenvalue weighted by Crippen LogP contribution is -2.33. The fourth-order valence-corrected chi connectivity index (χ4v) is 1.49. The molecule has 1 aromatic rings. The van der Waals surface area contributed by atoms with E-state index in [-0.39, 0.29) is 5.56 Å². The maximum atomic E-state index is 13.0. The number of thioether (sulfide) groups is 1. The molecule has 0 amide bonds. The number of carbonyl (C=O) groups is 1. The molecular formula is C10H7F5OS. The van der Waals surface area contributed by atoms with Crippen LogP contribution < -0.4 is 0 Å². The minimum atomic E-state index is -5.67. The Balaban J connectivity index is 3.21. The third-order valence-corrected chi connectivity index (χ3v) is 2.61. The SMILES string of the molecule is CSC(=O)c1cccc(C(F)(F)C(F)(F)F)c1. The Kier molecular flexibility index (Phi) is 3.81. The zero-order chi connectivity index (χ0) is 13.3. The van der Waals surface area contributed by atoms with Crippen molar-refractivity contribution >= 4 is 16.9 Å². The molecule has 0 unspecified atom stereocenters. The van der Waals surface area contributed by atoms with Crippen molar-refractivity contribution in [2.45, 2.75) is 12.1 Å². The van der Waals surface area contributed by atoms with Gasteiger partial charge in [0.25, 0.3) is 0 Å². The van der Waals surface area contributed by atoms with Gasteiger partial charge in [0.1, 0.15) is 0 Å². The Bertz CT molecular complexity index is 427. The molecule has 0 radical (unpaired) electrons. The van der Waals surface area contributed by atoms with E-state index in [9.17, 15) is 26.7 Å². The van der Waals surface area contributed by atoms with Crippen molar-refractivity contribution in [3.8, 4) is 0 Å². The lowest BCUT2D eigenvalue weighted by Gasteiger charge is -2.20. The summed E-state index contributed by atoms with van der Waals surface area (Å²) in [5.74, 6) is -4.96. The summed E-state index contributed by atoms with van der Waals surface area (Å²) in [6, 6.07) is 3.39. The van der Waals surface area contributed by atoms with Gasteiger partial charge < -0.3 is 0 Å². The standard InChI is InChI=1S/C10H7F5OS/c1-17-8(16)6-3-2-4-7(5-6)9(11,12)10(13,14)15/h2-5H,1H3. The Morgan fingerprint density at radius 2 is 1.76 bits per heavy atom. The first-order valence-electron chi connectivity index (χ1n) is 4.33. The largest absolute Gasteiger partial charge is 0.458 e. The molecule has 94 valence electrons. The second-order valence-corrected chi connectivity index (χ2v) is 3.92. The van der Waals surface area contributed by atoms with Crippen molar-refractivity contribution in [2.75, 3.05) is 6.26 Å². The maximum absolute atomic E-state index is 13.0. The van der Waals surface area contributed by atoms with Crippen molar-refractivity contribution in [2.24, 2.45) is 0 Å². The summed E-state index contributed by atoms with van der Waals surface area (Å²) < 4.78 is 62.2. The van der Waals surface area contributed by atoms with Crippen molar-refractivity contribution in [1.82, 2.24) is 0 Å². The molecule has 1 nitrogen and oxygen atoms in total. The number of rotatable bonds is 2. The summed E-state index contributed by atoms with van der Waals surface area (Å²) in [5.41, 5.74) is -1.41. The number of alkyl halides is 5. The van der Waals surface area contributed by atoms with Crippen LogP contribution in [0.1, 0.15) is 15.9 Å². The second kappa shape index (κ2) is 4.64. The molecule has 0 aliphatic heterocycles. The van der Waals surface area contributed by atoms with Crippen LogP contribution in [-0.4, -0.2) is 17.5 Å². The fourth-order valence-electron chi connectivity index (χ4n) is 1.12. The van der Waals surface area contributed by atoms with E-state index in [1.165, 1.54) is 12.3 Å². The van der Waals surface area contributed by atoms with Gasteiger partial charge in [0.15, 0.2) is 0 Å². The Morgan fingerprint density at radius 3 is 2.24 bits per heavy atom. The zero-order valence-electron chi connectivity index (χ0n) is 8.52. The van der Waals surface area contributed by atoms with Crippen LogP contribution in [0.3, 0.4) is 0 Å². The molecule has 1 aromatic carbocycles. The third-order valence-electron chi connectivity index (χ3n) is 2.00. The molecule has 0 N–H and O–H groups in total. The van der Waals surface area contributed by atoms with Crippen LogP contribution >= 0.6 is 11.8 Å². The minimum Gasteiger partial charge on any atom is -0.282 e. The first-order valence-corrected chi connectivity index (χ1v) is 5.56. The number of benzene rings is 1. The molecule has 0 aromatic heterocycles. The zero-order valence-corrected chi connectivity index (χ0v) is 9.33.